The Morgan fingerprint density at radius 1 is 1.15 bits per heavy atom. The van der Waals surface area contributed by atoms with E-state index in [-0.39, 0.29) is 11.6 Å². The maximum Gasteiger partial charge on any atom is 0.417 e. The lowest BCUT2D eigenvalue weighted by Crippen LogP contribution is -2.51. The van der Waals surface area contributed by atoms with Crippen LogP contribution in [0, 0.1) is 0 Å². The van der Waals surface area contributed by atoms with E-state index in [1.807, 2.05) is 0 Å². The molecule has 0 aromatic heterocycles. The van der Waals surface area contributed by atoms with Crippen LogP contribution in [0.2, 0.25) is 18.1 Å². The highest BCUT2D eigenvalue weighted by Gasteiger charge is 2.60. The van der Waals surface area contributed by atoms with Gasteiger partial charge in [0.2, 0.25) is 0 Å². The molecule has 0 N–H and O–H groups in total. The van der Waals surface area contributed by atoms with Gasteiger partial charge in [-0.05, 0) is 52.8 Å². The molecule has 2 heterocycles. The van der Waals surface area contributed by atoms with Crippen LogP contribution in [-0.4, -0.2) is 61.5 Å². The first-order valence-electron chi connectivity index (χ1n) is 9.51. The van der Waals surface area contributed by atoms with Crippen molar-refractivity contribution in [3.63, 3.8) is 0 Å². The highest BCUT2D eigenvalue weighted by atomic mass is 28.4. The van der Waals surface area contributed by atoms with Gasteiger partial charge in [-0.15, -0.1) is 0 Å². The van der Waals surface area contributed by atoms with Crippen molar-refractivity contribution >= 4 is 20.3 Å². The third-order valence-electron chi connectivity index (χ3n) is 5.33. The number of hydrogen-bond donors (Lipinski definition) is 0. The topological polar surface area (TPSA) is 74.3 Å². The van der Waals surface area contributed by atoms with E-state index in [4.69, 9.17) is 18.6 Å². The summed E-state index contributed by atoms with van der Waals surface area (Å²) in [5, 5.41) is 0.0120. The van der Waals surface area contributed by atoms with Crippen molar-refractivity contribution < 1.29 is 28.2 Å². The van der Waals surface area contributed by atoms with Gasteiger partial charge in [-0.1, -0.05) is 20.8 Å². The number of ether oxygens (including phenoxy) is 3. The molecule has 3 atom stereocenters. The van der Waals surface area contributed by atoms with E-state index in [1.54, 1.807) is 34.6 Å². The fourth-order valence-corrected chi connectivity index (χ4v) is 3.95. The van der Waals surface area contributed by atoms with Gasteiger partial charge in [0.15, 0.2) is 20.2 Å². The Morgan fingerprint density at radius 3 is 2.19 bits per heavy atom. The summed E-state index contributed by atoms with van der Waals surface area (Å²) in [5.74, 6) is -1.30. The Bertz CT molecular complexity index is 604. The van der Waals surface area contributed by atoms with E-state index >= 15 is 0 Å². The highest BCUT2D eigenvalue weighted by Crippen LogP contribution is 2.41. The third kappa shape index (κ3) is 4.72. The van der Waals surface area contributed by atoms with Crippen LogP contribution < -0.4 is 0 Å². The smallest absolute Gasteiger partial charge is 0.417 e. The van der Waals surface area contributed by atoms with E-state index in [2.05, 4.69) is 33.9 Å². The summed E-state index contributed by atoms with van der Waals surface area (Å²) in [4.78, 5) is 26.8. The molecule has 0 aromatic carbocycles. The second-order valence-corrected chi connectivity index (χ2v) is 15.2. The highest BCUT2D eigenvalue weighted by molar-refractivity contribution is 6.74. The SMILES string of the molecule is CC(C)(C)OC(=O)N1C(=O)[C@H]2OC(C)(C)O[C@H]2[C@H]1CO[Si](C)(C)C(C)(C)C. The Balaban J connectivity index is 2.27. The summed E-state index contributed by atoms with van der Waals surface area (Å²) >= 11 is 0. The molecule has 27 heavy (non-hydrogen) atoms. The van der Waals surface area contributed by atoms with E-state index in [0.29, 0.717) is 0 Å². The summed E-state index contributed by atoms with van der Waals surface area (Å²) in [6.45, 7) is 19.7. The molecule has 2 aliphatic heterocycles. The Hall–Kier alpha value is -0.963. The second-order valence-electron chi connectivity index (χ2n) is 10.3. The lowest BCUT2D eigenvalue weighted by Gasteiger charge is -2.38. The summed E-state index contributed by atoms with van der Waals surface area (Å²) in [7, 11) is -2.07. The molecule has 8 heteroatoms. The van der Waals surface area contributed by atoms with Crippen molar-refractivity contribution in [1.82, 2.24) is 4.90 Å². The van der Waals surface area contributed by atoms with Crippen LogP contribution in [0.1, 0.15) is 55.4 Å². The minimum absolute atomic E-state index is 0.0120. The van der Waals surface area contributed by atoms with Crippen LogP contribution in [0.4, 0.5) is 4.79 Å². The van der Waals surface area contributed by atoms with Gasteiger partial charge in [0.25, 0.3) is 5.91 Å². The van der Waals surface area contributed by atoms with E-state index in [0.717, 1.165) is 4.90 Å². The normalized spacial score (nSPS) is 28.4. The molecule has 0 saturated carbocycles. The predicted octanol–water partition coefficient (Wildman–Crippen LogP) is 3.67. The Kier molecular flexibility index (Phi) is 5.64. The number of fused-ring (bicyclic) bond motifs is 1. The molecule has 2 aliphatic rings. The lowest BCUT2D eigenvalue weighted by molar-refractivity contribution is -0.172. The molecule has 156 valence electrons. The van der Waals surface area contributed by atoms with Gasteiger partial charge in [-0.2, -0.15) is 0 Å². The number of nitrogens with zero attached hydrogens (tertiary/aromatic N) is 1. The molecule has 0 aliphatic carbocycles. The number of carbonyl (C=O) groups is 2. The van der Waals surface area contributed by atoms with Gasteiger partial charge in [0, 0.05) is 0 Å². The minimum atomic E-state index is -2.07. The molecule has 2 amide bonds. The van der Waals surface area contributed by atoms with E-state index < -0.39 is 50.0 Å². The Morgan fingerprint density at radius 2 is 1.70 bits per heavy atom. The first-order chi connectivity index (χ1) is 12.0. The lowest BCUT2D eigenvalue weighted by atomic mass is 10.1. The van der Waals surface area contributed by atoms with E-state index in [9.17, 15) is 9.59 Å². The number of rotatable bonds is 3. The van der Waals surface area contributed by atoms with Crippen LogP contribution in [0.25, 0.3) is 0 Å². The zero-order chi connectivity index (χ0) is 21.0. The number of likely N-dealkylation sites (tertiary alicyclic amines) is 1. The van der Waals surface area contributed by atoms with Crippen LogP contribution in [-0.2, 0) is 23.4 Å². The summed E-state index contributed by atoms with van der Waals surface area (Å²) in [6.07, 6.45) is -2.07. The van der Waals surface area contributed by atoms with Crippen molar-refractivity contribution in [2.75, 3.05) is 6.61 Å². The van der Waals surface area contributed by atoms with Crippen molar-refractivity contribution in [1.29, 1.82) is 0 Å². The quantitative estimate of drug-likeness (QED) is 0.672. The summed E-state index contributed by atoms with van der Waals surface area (Å²) < 4.78 is 23.5. The molecule has 2 rings (SSSR count). The summed E-state index contributed by atoms with van der Waals surface area (Å²) in [5.41, 5.74) is -0.707. The Labute approximate surface area is 163 Å². The average molecular weight is 402 g/mol. The number of hydrogen-bond acceptors (Lipinski definition) is 6. The van der Waals surface area contributed by atoms with Crippen molar-refractivity contribution in [3.8, 4) is 0 Å². The molecule has 0 bridgehead atoms. The molecule has 7 nitrogen and oxygen atoms in total. The maximum atomic E-state index is 12.9. The fraction of sp³-hybridized carbons (Fsp3) is 0.895. The molecule has 0 radical (unpaired) electrons. The minimum Gasteiger partial charge on any atom is -0.443 e. The molecule has 0 unspecified atom stereocenters. The van der Waals surface area contributed by atoms with Crippen LogP contribution in [0.3, 0.4) is 0 Å². The van der Waals surface area contributed by atoms with Gasteiger partial charge in [-0.25, -0.2) is 9.69 Å². The van der Waals surface area contributed by atoms with Crippen LogP contribution in [0.15, 0.2) is 0 Å². The van der Waals surface area contributed by atoms with Gasteiger partial charge in [0.05, 0.1) is 12.6 Å². The zero-order valence-electron chi connectivity index (χ0n) is 18.3. The second kappa shape index (κ2) is 6.83. The number of imide groups is 1. The van der Waals surface area contributed by atoms with Crippen LogP contribution in [0.5, 0.6) is 0 Å². The fourth-order valence-electron chi connectivity index (χ4n) is 2.92. The maximum absolute atomic E-state index is 12.9. The monoisotopic (exact) mass is 401 g/mol. The largest absolute Gasteiger partial charge is 0.443 e. The molecular formula is C19H35NO6Si. The van der Waals surface area contributed by atoms with Gasteiger partial charge < -0.3 is 18.6 Å². The van der Waals surface area contributed by atoms with Gasteiger partial charge in [0.1, 0.15) is 11.7 Å². The molecule has 0 spiro atoms. The number of amides is 2. The predicted molar refractivity (Wildman–Crippen MR) is 104 cm³/mol. The molecular weight excluding hydrogens is 366 g/mol. The van der Waals surface area contributed by atoms with Crippen LogP contribution >= 0.6 is 0 Å². The van der Waals surface area contributed by atoms with Gasteiger partial charge in [-0.3, -0.25) is 4.79 Å². The summed E-state index contributed by atoms with van der Waals surface area (Å²) in [6, 6.07) is -0.576. The standard InChI is InChI=1S/C19H35NO6Si/c1-17(2,3)26-16(22)20-12(11-23-27(9,10)18(4,5)6)13-14(15(20)21)25-19(7,8)24-13/h12-14H,11H2,1-10H3/t12-,13+,14+/m1/s1. The third-order valence-corrected chi connectivity index (χ3v) is 9.83. The molecule has 2 saturated heterocycles. The van der Waals surface area contributed by atoms with Crippen molar-refractivity contribution in [3.05, 3.63) is 0 Å². The van der Waals surface area contributed by atoms with Crippen molar-refractivity contribution in [2.45, 2.75) is 103 Å². The molecule has 2 fully saturated rings. The average Bonchev–Trinajstić information content (AvgIpc) is 2.86. The first kappa shape index (κ1) is 22.3. The van der Waals surface area contributed by atoms with E-state index in [1.165, 1.54) is 0 Å². The van der Waals surface area contributed by atoms with Crippen molar-refractivity contribution in [2.24, 2.45) is 0 Å². The first-order valence-corrected chi connectivity index (χ1v) is 12.4. The zero-order valence-corrected chi connectivity index (χ0v) is 19.3. The molecule has 0 aromatic rings. The number of carbonyl (C=O) groups excluding carboxylic acids is 2. The van der Waals surface area contributed by atoms with Gasteiger partial charge >= 0.3 is 6.09 Å².